The number of aryl methyl sites for hydroxylation is 1. The molecule has 1 aliphatic heterocycles. The molecule has 1 aliphatic rings. The molecular weight excluding hydrogens is 422 g/mol. The third kappa shape index (κ3) is 4.38. The highest BCUT2D eigenvalue weighted by atomic mass is 19.4. The SMILES string of the molecule is CC(OCC1(c2ccc(F)cc2)CCN(C)CC1)c1cc(C(F)(F)F)cc2cnn(C)c12. The number of ether oxygens (including phenoxy) is 1. The Hall–Kier alpha value is -2.45. The van der Waals surface area contributed by atoms with E-state index in [9.17, 15) is 17.6 Å². The molecule has 0 amide bonds. The van der Waals surface area contributed by atoms with Gasteiger partial charge in [0, 0.05) is 23.4 Å². The molecule has 4 nitrogen and oxygen atoms in total. The number of rotatable bonds is 5. The topological polar surface area (TPSA) is 30.3 Å². The summed E-state index contributed by atoms with van der Waals surface area (Å²) in [6.07, 6.45) is -1.94. The maximum atomic E-state index is 13.5. The van der Waals surface area contributed by atoms with Crippen molar-refractivity contribution in [2.75, 3.05) is 26.7 Å². The molecule has 4 rings (SSSR count). The molecule has 0 saturated carbocycles. The number of halogens is 4. The normalized spacial score (nSPS) is 18.2. The molecular formula is C24H27F4N3O. The van der Waals surface area contributed by atoms with E-state index >= 15 is 0 Å². The smallest absolute Gasteiger partial charge is 0.373 e. The van der Waals surface area contributed by atoms with E-state index < -0.39 is 17.8 Å². The molecule has 172 valence electrons. The second-order valence-corrected chi connectivity index (χ2v) is 8.81. The third-order valence-electron chi connectivity index (χ3n) is 6.64. The van der Waals surface area contributed by atoms with Crippen molar-refractivity contribution in [1.29, 1.82) is 0 Å². The Bertz CT molecular complexity index is 1080. The van der Waals surface area contributed by atoms with E-state index in [2.05, 4.69) is 17.0 Å². The number of aromatic nitrogens is 2. The average Bonchev–Trinajstić information content (AvgIpc) is 3.14. The standard InChI is InChI=1S/C24H27F4N3O/c1-16(21-13-19(24(26,27)28)12-17-14-29-31(3)22(17)21)32-15-23(8-10-30(2)11-9-23)18-4-6-20(25)7-5-18/h4-7,12-14,16H,8-11,15H2,1-3H3. The molecule has 1 saturated heterocycles. The predicted molar refractivity (Wildman–Crippen MR) is 115 cm³/mol. The number of likely N-dealkylation sites (tertiary alicyclic amines) is 1. The molecule has 1 aromatic heterocycles. The Morgan fingerprint density at radius 1 is 1.09 bits per heavy atom. The minimum atomic E-state index is -4.46. The Morgan fingerprint density at radius 2 is 1.75 bits per heavy atom. The van der Waals surface area contributed by atoms with Crippen LogP contribution in [0.3, 0.4) is 0 Å². The van der Waals surface area contributed by atoms with Crippen LogP contribution in [0.15, 0.2) is 42.6 Å². The first-order chi connectivity index (χ1) is 15.1. The van der Waals surface area contributed by atoms with Crippen LogP contribution in [-0.2, 0) is 23.4 Å². The monoisotopic (exact) mass is 449 g/mol. The first-order valence-corrected chi connectivity index (χ1v) is 10.7. The van der Waals surface area contributed by atoms with Crippen molar-refractivity contribution in [2.45, 2.75) is 37.5 Å². The molecule has 0 bridgehead atoms. The van der Waals surface area contributed by atoms with E-state index in [0.29, 0.717) is 23.1 Å². The van der Waals surface area contributed by atoms with Crippen molar-refractivity contribution < 1.29 is 22.3 Å². The highest BCUT2D eigenvalue weighted by Gasteiger charge is 2.37. The van der Waals surface area contributed by atoms with Crippen LogP contribution in [0, 0.1) is 5.82 Å². The van der Waals surface area contributed by atoms with Gasteiger partial charge >= 0.3 is 6.18 Å². The largest absolute Gasteiger partial charge is 0.416 e. The van der Waals surface area contributed by atoms with Gasteiger partial charge in [0.25, 0.3) is 0 Å². The highest BCUT2D eigenvalue weighted by molar-refractivity contribution is 5.83. The van der Waals surface area contributed by atoms with Gasteiger partial charge in [-0.05, 0) is 69.7 Å². The van der Waals surface area contributed by atoms with Crippen molar-refractivity contribution in [3.63, 3.8) is 0 Å². The molecule has 8 heteroatoms. The van der Waals surface area contributed by atoms with Crippen molar-refractivity contribution in [3.05, 3.63) is 65.1 Å². The second kappa shape index (κ2) is 8.48. The van der Waals surface area contributed by atoms with Gasteiger partial charge in [-0.15, -0.1) is 0 Å². The lowest BCUT2D eigenvalue weighted by Gasteiger charge is -2.41. The van der Waals surface area contributed by atoms with Gasteiger partial charge in [0.1, 0.15) is 5.82 Å². The fraction of sp³-hybridized carbons (Fsp3) is 0.458. The summed E-state index contributed by atoms with van der Waals surface area (Å²) in [6.45, 7) is 3.84. The molecule has 0 N–H and O–H groups in total. The van der Waals surface area contributed by atoms with Crippen LogP contribution in [0.2, 0.25) is 0 Å². The van der Waals surface area contributed by atoms with Crippen molar-refractivity contribution >= 4 is 10.9 Å². The van der Waals surface area contributed by atoms with E-state index in [0.717, 1.165) is 43.6 Å². The van der Waals surface area contributed by atoms with Gasteiger partial charge in [0.2, 0.25) is 0 Å². The summed E-state index contributed by atoms with van der Waals surface area (Å²) in [4.78, 5) is 2.23. The van der Waals surface area contributed by atoms with Crippen LogP contribution in [0.25, 0.3) is 10.9 Å². The summed E-state index contributed by atoms with van der Waals surface area (Å²) in [5.74, 6) is -0.298. The number of piperidine rings is 1. The van der Waals surface area contributed by atoms with E-state index in [1.165, 1.54) is 18.3 Å². The van der Waals surface area contributed by atoms with Crippen molar-refractivity contribution in [2.24, 2.45) is 7.05 Å². The van der Waals surface area contributed by atoms with Gasteiger partial charge in [0.05, 0.1) is 30.0 Å². The Morgan fingerprint density at radius 3 is 2.38 bits per heavy atom. The number of benzene rings is 2. The maximum absolute atomic E-state index is 13.5. The molecule has 2 aromatic carbocycles. The van der Waals surface area contributed by atoms with Gasteiger partial charge in [-0.3, -0.25) is 4.68 Å². The Balaban J connectivity index is 1.65. The minimum Gasteiger partial charge on any atom is -0.373 e. The summed E-state index contributed by atoms with van der Waals surface area (Å²) >= 11 is 0. The van der Waals surface area contributed by atoms with Gasteiger partial charge in [0.15, 0.2) is 0 Å². The maximum Gasteiger partial charge on any atom is 0.416 e. The summed E-state index contributed by atoms with van der Waals surface area (Å²) in [5.41, 5.74) is 1.05. The zero-order valence-corrected chi connectivity index (χ0v) is 18.4. The lowest BCUT2D eigenvalue weighted by atomic mass is 9.73. The Kier molecular flexibility index (Phi) is 6.02. The molecule has 1 unspecified atom stereocenters. The van der Waals surface area contributed by atoms with E-state index in [1.54, 1.807) is 30.8 Å². The van der Waals surface area contributed by atoms with Gasteiger partial charge < -0.3 is 9.64 Å². The number of nitrogens with zero attached hydrogens (tertiary/aromatic N) is 3. The van der Waals surface area contributed by atoms with E-state index in [1.807, 2.05) is 0 Å². The zero-order chi connectivity index (χ0) is 23.1. The first kappa shape index (κ1) is 22.7. The summed E-state index contributed by atoms with van der Waals surface area (Å²) < 4.78 is 61.8. The molecule has 1 atom stereocenters. The van der Waals surface area contributed by atoms with Crippen molar-refractivity contribution in [3.8, 4) is 0 Å². The molecule has 32 heavy (non-hydrogen) atoms. The molecule has 0 radical (unpaired) electrons. The molecule has 3 aromatic rings. The fourth-order valence-electron chi connectivity index (χ4n) is 4.57. The minimum absolute atomic E-state index is 0.298. The van der Waals surface area contributed by atoms with Gasteiger partial charge in [-0.1, -0.05) is 12.1 Å². The van der Waals surface area contributed by atoms with Crippen LogP contribution < -0.4 is 0 Å². The Labute approximate surface area is 184 Å². The van der Waals surface area contributed by atoms with Gasteiger partial charge in [-0.25, -0.2) is 4.39 Å². The van der Waals surface area contributed by atoms with Crippen LogP contribution in [-0.4, -0.2) is 41.4 Å². The molecule has 0 spiro atoms. The number of hydrogen-bond donors (Lipinski definition) is 0. The average molecular weight is 449 g/mol. The fourth-order valence-corrected chi connectivity index (χ4v) is 4.57. The number of hydrogen-bond acceptors (Lipinski definition) is 3. The van der Waals surface area contributed by atoms with Crippen LogP contribution in [0.5, 0.6) is 0 Å². The van der Waals surface area contributed by atoms with Gasteiger partial charge in [-0.2, -0.15) is 18.3 Å². The van der Waals surface area contributed by atoms with E-state index in [4.69, 9.17) is 4.74 Å². The predicted octanol–water partition coefficient (Wildman–Crippen LogP) is 5.47. The lowest BCUT2D eigenvalue weighted by Crippen LogP contribution is -2.44. The van der Waals surface area contributed by atoms with Crippen LogP contribution in [0.4, 0.5) is 17.6 Å². The quantitative estimate of drug-likeness (QED) is 0.484. The second-order valence-electron chi connectivity index (χ2n) is 8.81. The van der Waals surface area contributed by atoms with Crippen molar-refractivity contribution in [1.82, 2.24) is 14.7 Å². The molecule has 2 heterocycles. The third-order valence-corrected chi connectivity index (χ3v) is 6.64. The number of fused-ring (bicyclic) bond motifs is 1. The highest BCUT2D eigenvalue weighted by Crippen LogP contribution is 2.39. The van der Waals surface area contributed by atoms with Crippen LogP contribution >= 0.6 is 0 Å². The molecule has 0 aliphatic carbocycles. The lowest BCUT2D eigenvalue weighted by molar-refractivity contribution is -0.137. The summed E-state index contributed by atoms with van der Waals surface area (Å²) in [7, 11) is 3.77. The summed E-state index contributed by atoms with van der Waals surface area (Å²) in [5, 5.41) is 4.57. The van der Waals surface area contributed by atoms with Crippen LogP contribution in [0.1, 0.15) is 42.6 Å². The van der Waals surface area contributed by atoms with E-state index in [-0.39, 0.29) is 11.2 Å². The first-order valence-electron chi connectivity index (χ1n) is 10.7. The molecule has 1 fully saturated rings. The summed E-state index contributed by atoms with van der Waals surface area (Å²) in [6, 6.07) is 8.76. The number of alkyl halides is 3. The zero-order valence-electron chi connectivity index (χ0n) is 18.4.